The number of rotatable bonds is 3. The molecule has 1 aromatic heterocycles. The number of carboxylic acid groups (broad SMARTS) is 1. The number of hydrogen-bond donors (Lipinski definition) is 1. The maximum Gasteiger partial charge on any atom is 0.336 e. The van der Waals surface area contributed by atoms with Crippen LogP contribution in [-0.4, -0.2) is 17.2 Å². The van der Waals surface area contributed by atoms with Gasteiger partial charge in [0.2, 0.25) is 0 Å². The van der Waals surface area contributed by atoms with Crippen molar-refractivity contribution >= 4 is 16.9 Å². The third-order valence-corrected chi connectivity index (χ3v) is 3.66. The Labute approximate surface area is 117 Å². The standard InChI is InChI=1S/C16H18O4/c1-9(2)19-13-8-7-11(16(17)18)14-10-5-3-4-6-12(10)20-15(13)14/h7-9H,3-6H2,1-2H3,(H,17,18). The molecule has 4 nitrogen and oxygen atoms in total. The van der Waals surface area contributed by atoms with E-state index < -0.39 is 5.97 Å². The molecule has 4 heteroatoms. The second-order valence-corrected chi connectivity index (χ2v) is 5.50. The van der Waals surface area contributed by atoms with Crippen molar-refractivity contribution in [2.24, 2.45) is 0 Å². The van der Waals surface area contributed by atoms with E-state index in [2.05, 4.69) is 0 Å². The van der Waals surface area contributed by atoms with E-state index in [4.69, 9.17) is 9.15 Å². The molecule has 0 fully saturated rings. The summed E-state index contributed by atoms with van der Waals surface area (Å²) in [5, 5.41) is 10.1. The largest absolute Gasteiger partial charge is 0.487 e. The van der Waals surface area contributed by atoms with Gasteiger partial charge in [-0.2, -0.15) is 0 Å². The molecule has 2 aromatic rings. The predicted octanol–water partition coefficient (Wildman–Crippen LogP) is 3.80. The van der Waals surface area contributed by atoms with Gasteiger partial charge in [0.15, 0.2) is 11.3 Å². The minimum absolute atomic E-state index is 0.0241. The van der Waals surface area contributed by atoms with Gasteiger partial charge in [-0.3, -0.25) is 0 Å². The van der Waals surface area contributed by atoms with Crippen LogP contribution in [0.1, 0.15) is 48.4 Å². The number of aryl methyl sites for hydroxylation is 2. The van der Waals surface area contributed by atoms with Crippen LogP contribution in [0.5, 0.6) is 5.75 Å². The number of furan rings is 1. The molecule has 0 aliphatic heterocycles. The van der Waals surface area contributed by atoms with E-state index >= 15 is 0 Å². The lowest BCUT2D eigenvalue weighted by Crippen LogP contribution is -2.07. The van der Waals surface area contributed by atoms with Crippen LogP contribution in [0.3, 0.4) is 0 Å². The fourth-order valence-corrected chi connectivity index (χ4v) is 2.87. The first-order valence-electron chi connectivity index (χ1n) is 7.05. The fraction of sp³-hybridized carbons (Fsp3) is 0.438. The highest BCUT2D eigenvalue weighted by atomic mass is 16.5. The summed E-state index contributed by atoms with van der Waals surface area (Å²) >= 11 is 0. The summed E-state index contributed by atoms with van der Waals surface area (Å²) in [6, 6.07) is 3.31. The zero-order valence-corrected chi connectivity index (χ0v) is 11.7. The molecule has 1 aromatic carbocycles. The average Bonchev–Trinajstić information content (AvgIpc) is 2.78. The number of carbonyl (C=O) groups is 1. The SMILES string of the molecule is CC(C)Oc1ccc(C(=O)O)c2c3c(oc12)CCCC3. The lowest BCUT2D eigenvalue weighted by Gasteiger charge is -2.11. The van der Waals surface area contributed by atoms with Gasteiger partial charge >= 0.3 is 5.97 Å². The molecule has 1 heterocycles. The first-order chi connectivity index (χ1) is 9.58. The van der Waals surface area contributed by atoms with Gasteiger partial charge in [0.25, 0.3) is 0 Å². The number of carboxylic acids is 1. The van der Waals surface area contributed by atoms with E-state index in [9.17, 15) is 9.90 Å². The number of aromatic carboxylic acids is 1. The highest BCUT2D eigenvalue weighted by Gasteiger charge is 2.25. The maximum atomic E-state index is 11.4. The minimum Gasteiger partial charge on any atom is -0.487 e. The predicted molar refractivity (Wildman–Crippen MR) is 75.6 cm³/mol. The summed E-state index contributed by atoms with van der Waals surface area (Å²) < 4.78 is 11.7. The molecule has 20 heavy (non-hydrogen) atoms. The van der Waals surface area contributed by atoms with Crippen LogP contribution in [0.25, 0.3) is 11.0 Å². The second-order valence-electron chi connectivity index (χ2n) is 5.50. The lowest BCUT2D eigenvalue weighted by molar-refractivity contribution is 0.0699. The Kier molecular flexibility index (Phi) is 3.16. The van der Waals surface area contributed by atoms with Crippen LogP contribution in [-0.2, 0) is 12.8 Å². The summed E-state index contributed by atoms with van der Waals surface area (Å²) in [5.41, 5.74) is 1.95. The molecule has 3 rings (SSSR count). The summed E-state index contributed by atoms with van der Waals surface area (Å²) in [4.78, 5) is 11.4. The van der Waals surface area contributed by atoms with Crippen molar-refractivity contribution in [3.8, 4) is 5.75 Å². The molecule has 0 unspecified atom stereocenters. The zero-order chi connectivity index (χ0) is 14.3. The second kappa shape index (κ2) is 4.85. The van der Waals surface area contributed by atoms with Gasteiger partial charge in [-0.15, -0.1) is 0 Å². The summed E-state index contributed by atoms with van der Waals surface area (Å²) in [5.74, 6) is 0.642. The molecule has 106 valence electrons. The molecular formula is C16H18O4. The van der Waals surface area contributed by atoms with Gasteiger partial charge in [-0.1, -0.05) is 0 Å². The third kappa shape index (κ3) is 2.05. The van der Waals surface area contributed by atoms with E-state index in [0.29, 0.717) is 16.9 Å². The van der Waals surface area contributed by atoms with Gasteiger partial charge in [-0.05, 0) is 45.2 Å². The van der Waals surface area contributed by atoms with Gasteiger partial charge in [-0.25, -0.2) is 4.79 Å². The van der Waals surface area contributed by atoms with Crippen LogP contribution >= 0.6 is 0 Å². The molecule has 0 atom stereocenters. The van der Waals surface area contributed by atoms with Crippen LogP contribution < -0.4 is 4.74 Å². The van der Waals surface area contributed by atoms with E-state index in [1.807, 2.05) is 13.8 Å². The van der Waals surface area contributed by atoms with Crippen molar-refractivity contribution in [3.05, 3.63) is 29.0 Å². The van der Waals surface area contributed by atoms with Crippen LogP contribution in [0.4, 0.5) is 0 Å². The van der Waals surface area contributed by atoms with Crippen molar-refractivity contribution in [2.75, 3.05) is 0 Å². The highest BCUT2D eigenvalue weighted by Crippen LogP contribution is 2.39. The Balaban J connectivity index is 2.27. The molecular weight excluding hydrogens is 256 g/mol. The van der Waals surface area contributed by atoms with Crippen molar-refractivity contribution < 1.29 is 19.1 Å². The molecule has 0 saturated carbocycles. The van der Waals surface area contributed by atoms with E-state index in [-0.39, 0.29) is 6.10 Å². The maximum absolute atomic E-state index is 11.4. The molecule has 1 N–H and O–H groups in total. The van der Waals surface area contributed by atoms with Crippen LogP contribution in [0, 0.1) is 0 Å². The van der Waals surface area contributed by atoms with Gasteiger partial charge in [0.1, 0.15) is 5.76 Å². The molecule has 0 amide bonds. The average molecular weight is 274 g/mol. The molecule has 0 spiro atoms. The molecule has 0 radical (unpaired) electrons. The summed E-state index contributed by atoms with van der Waals surface area (Å²) in [6.45, 7) is 3.89. The first-order valence-corrected chi connectivity index (χ1v) is 7.05. The Hall–Kier alpha value is -1.97. The first kappa shape index (κ1) is 13.0. The monoisotopic (exact) mass is 274 g/mol. The molecule has 1 aliphatic carbocycles. The van der Waals surface area contributed by atoms with Crippen LogP contribution in [0.15, 0.2) is 16.5 Å². The molecule has 0 bridgehead atoms. The zero-order valence-electron chi connectivity index (χ0n) is 11.7. The summed E-state index contributed by atoms with van der Waals surface area (Å²) in [7, 11) is 0. The van der Waals surface area contributed by atoms with Crippen molar-refractivity contribution in [1.82, 2.24) is 0 Å². The van der Waals surface area contributed by atoms with E-state index in [0.717, 1.165) is 42.4 Å². The Morgan fingerprint density at radius 1 is 1.30 bits per heavy atom. The van der Waals surface area contributed by atoms with Gasteiger partial charge in [0.05, 0.1) is 11.7 Å². The van der Waals surface area contributed by atoms with E-state index in [1.54, 1.807) is 12.1 Å². The Morgan fingerprint density at radius 3 is 2.75 bits per heavy atom. The quantitative estimate of drug-likeness (QED) is 0.924. The normalized spacial score (nSPS) is 14.6. The number of ether oxygens (including phenoxy) is 1. The lowest BCUT2D eigenvalue weighted by atomic mass is 9.94. The fourth-order valence-electron chi connectivity index (χ4n) is 2.87. The smallest absolute Gasteiger partial charge is 0.336 e. The third-order valence-electron chi connectivity index (χ3n) is 3.66. The number of benzene rings is 1. The Bertz CT molecular complexity index is 667. The van der Waals surface area contributed by atoms with E-state index in [1.165, 1.54) is 0 Å². The van der Waals surface area contributed by atoms with Crippen molar-refractivity contribution in [2.45, 2.75) is 45.6 Å². The van der Waals surface area contributed by atoms with Crippen LogP contribution in [0.2, 0.25) is 0 Å². The highest BCUT2D eigenvalue weighted by molar-refractivity contribution is 6.05. The van der Waals surface area contributed by atoms with Crippen molar-refractivity contribution in [1.29, 1.82) is 0 Å². The van der Waals surface area contributed by atoms with Gasteiger partial charge < -0.3 is 14.3 Å². The van der Waals surface area contributed by atoms with Gasteiger partial charge in [0, 0.05) is 17.4 Å². The Morgan fingerprint density at radius 2 is 2.05 bits per heavy atom. The number of fused-ring (bicyclic) bond motifs is 3. The minimum atomic E-state index is -0.916. The van der Waals surface area contributed by atoms with Crippen molar-refractivity contribution in [3.63, 3.8) is 0 Å². The topological polar surface area (TPSA) is 59.7 Å². The molecule has 1 aliphatic rings. The summed E-state index contributed by atoms with van der Waals surface area (Å²) in [6.07, 6.45) is 3.96. The molecule has 0 saturated heterocycles. The number of hydrogen-bond acceptors (Lipinski definition) is 3.